The van der Waals surface area contributed by atoms with Crippen LogP contribution >= 0.6 is 0 Å². The first-order valence-electron chi connectivity index (χ1n) is 6.64. The van der Waals surface area contributed by atoms with Gasteiger partial charge in [-0.1, -0.05) is 6.07 Å². The lowest BCUT2D eigenvalue weighted by atomic mass is 9.95. The third kappa shape index (κ3) is 3.00. The highest BCUT2D eigenvalue weighted by atomic mass is 19.1. The Bertz CT molecular complexity index is 653. The molecule has 21 heavy (non-hydrogen) atoms. The molecular weight excluding hydrogens is 271 g/mol. The van der Waals surface area contributed by atoms with Crippen LogP contribution in [0.1, 0.15) is 28.4 Å². The third-order valence-corrected chi connectivity index (χ3v) is 3.57. The standard InChI is InChI=1S/C17H19FO3/c1-10-8-15(20-3)11(2)7-13(10)17(19)12-5-6-14(18)16(9-12)21-4/h5-9,17,19H,1-4H3. The normalized spacial score (nSPS) is 12.1. The van der Waals surface area contributed by atoms with Gasteiger partial charge in [0.15, 0.2) is 11.6 Å². The van der Waals surface area contributed by atoms with Gasteiger partial charge in [0.05, 0.1) is 14.2 Å². The lowest BCUT2D eigenvalue weighted by Crippen LogP contribution is -2.04. The van der Waals surface area contributed by atoms with Crippen molar-refractivity contribution in [1.29, 1.82) is 0 Å². The Morgan fingerprint density at radius 2 is 1.62 bits per heavy atom. The number of methoxy groups -OCH3 is 2. The summed E-state index contributed by atoms with van der Waals surface area (Å²) >= 11 is 0. The first kappa shape index (κ1) is 15.3. The van der Waals surface area contributed by atoms with Gasteiger partial charge in [0, 0.05) is 0 Å². The van der Waals surface area contributed by atoms with Crippen LogP contribution in [0.5, 0.6) is 11.5 Å². The molecule has 112 valence electrons. The average Bonchev–Trinajstić information content (AvgIpc) is 2.49. The minimum Gasteiger partial charge on any atom is -0.496 e. The molecule has 0 aliphatic rings. The average molecular weight is 290 g/mol. The van der Waals surface area contributed by atoms with Crippen molar-refractivity contribution in [1.82, 2.24) is 0 Å². The van der Waals surface area contributed by atoms with E-state index < -0.39 is 11.9 Å². The van der Waals surface area contributed by atoms with Crippen molar-refractivity contribution < 1.29 is 19.0 Å². The van der Waals surface area contributed by atoms with E-state index in [9.17, 15) is 9.50 Å². The van der Waals surface area contributed by atoms with Crippen molar-refractivity contribution in [3.63, 3.8) is 0 Å². The zero-order valence-electron chi connectivity index (χ0n) is 12.6. The second-order valence-corrected chi connectivity index (χ2v) is 4.97. The Labute approximate surface area is 124 Å². The van der Waals surface area contributed by atoms with Crippen LogP contribution in [-0.4, -0.2) is 19.3 Å². The molecule has 0 saturated heterocycles. The van der Waals surface area contributed by atoms with Gasteiger partial charge in [-0.3, -0.25) is 0 Å². The summed E-state index contributed by atoms with van der Waals surface area (Å²) in [7, 11) is 3.01. The Balaban J connectivity index is 2.44. The number of benzene rings is 2. The highest BCUT2D eigenvalue weighted by molar-refractivity contribution is 5.46. The van der Waals surface area contributed by atoms with Crippen molar-refractivity contribution >= 4 is 0 Å². The SMILES string of the molecule is COc1cc(C)c(C(O)c2ccc(F)c(OC)c2)cc1C. The molecule has 0 amide bonds. The van der Waals surface area contributed by atoms with E-state index in [1.165, 1.54) is 19.2 Å². The third-order valence-electron chi connectivity index (χ3n) is 3.57. The van der Waals surface area contributed by atoms with Gasteiger partial charge in [0.25, 0.3) is 0 Å². The summed E-state index contributed by atoms with van der Waals surface area (Å²) in [4.78, 5) is 0. The molecule has 1 atom stereocenters. The smallest absolute Gasteiger partial charge is 0.165 e. The highest BCUT2D eigenvalue weighted by Gasteiger charge is 2.17. The summed E-state index contributed by atoms with van der Waals surface area (Å²) in [6.07, 6.45) is -0.843. The van der Waals surface area contributed by atoms with E-state index in [0.717, 1.165) is 22.4 Å². The van der Waals surface area contributed by atoms with Crippen LogP contribution < -0.4 is 9.47 Å². The molecule has 2 aromatic carbocycles. The molecule has 0 heterocycles. The van der Waals surface area contributed by atoms with Gasteiger partial charge in [-0.25, -0.2) is 4.39 Å². The number of rotatable bonds is 4. The van der Waals surface area contributed by atoms with Crippen LogP contribution in [0.15, 0.2) is 30.3 Å². The van der Waals surface area contributed by atoms with Crippen LogP contribution in [0.3, 0.4) is 0 Å². The fraction of sp³-hybridized carbons (Fsp3) is 0.294. The fourth-order valence-corrected chi connectivity index (χ4v) is 2.35. The molecular formula is C17H19FO3. The molecule has 0 spiro atoms. The molecule has 0 aliphatic carbocycles. The van der Waals surface area contributed by atoms with Gasteiger partial charge in [-0.05, 0) is 60.4 Å². The summed E-state index contributed by atoms with van der Waals surface area (Å²) in [5.41, 5.74) is 3.20. The van der Waals surface area contributed by atoms with Crippen molar-refractivity contribution in [3.8, 4) is 11.5 Å². The number of ether oxygens (including phenoxy) is 2. The number of hydrogen-bond acceptors (Lipinski definition) is 3. The lowest BCUT2D eigenvalue weighted by molar-refractivity contribution is 0.218. The summed E-state index contributed by atoms with van der Waals surface area (Å²) in [6.45, 7) is 3.82. The predicted molar refractivity (Wildman–Crippen MR) is 79.5 cm³/mol. The van der Waals surface area contributed by atoms with E-state index in [1.807, 2.05) is 26.0 Å². The molecule has 0 radical (unpaired) electrons. The number of hydrogen-bond donors (Lipinski definition) is 1. The molecule has 2 aromatic rings. The summed E-state index contributed by atoms with van der Waals surface area (Å²) in [5.74, 6) is 0.450. The highest BCUT2D eigenvalue weighted by Crippen LogP contribution is 2.32. The zero-order chi connectivity index (χ0) is 15.6. The molecule has 1 unspecified atom stereocenters. The van der Waals surface area contributed by atoms with Gasteiger partial charge in [0.1, 0.15) is 11.9 Å². The largest absolute Gasteiger partial charge is 0.496 e. The van der Waals surface area contributed by atoms with Gasteiger partial charge >= 0.3 is 0 Å². The first-order valence-corrected chi connectivity index (χ1v) is 6.64. The Morgan fingerprint density at radius 1 is 0.952 bits per heavy atom. The second kappa shape index (κ2) is 6.14. The van der Waals surface area contributed by atoms with Crippen LogP contribution in [0.25, 0.3) is 0 Å². The molecule has 3 nitrogen and oxygen atoms in total. The van der Waals surface area contributed by atoms with Gasteiger partial charge in [-0.15, -0.1) is 0 Å². The van der Waals surface area contributed by atoms with E-state index in [0.29, 0.717) is 5.56 Å². The Hall–Kier alpha value is -2.07. The summed E-state index contributed by atoms with van der Waals surface area (Å²) in [5, 5.41) is 10.6. The molecule has 0 aliphatic heterocycles. The minimum absolute atomic E-state index is 0.120. The maximum atomic E-state index is 13.5. The fourth-order valence-electron chi connectivity index (χ4n) is 2.35. The number of aliphatic hydroxyl groups excluding tert-OH is 1. The molecule has 0 saturated carbocycles. The van der Waals surface area contributed by atoms with E-state index >= 15 is 0 Å². The van der Waals surface area contributed by atoms with Crippen molar-refractivity contribution in [2.75, 3.05) is 14.2 Å². The monoisotopic (exact) mass is 290 g/mol. The van der Waals surface area contributed by atoms with Crippen LogP contribution in [-0.2, 0) is 0 Å². The second-order valence-electron chi connectivity index (χ2n) is 4.97. The number of halogens is 1. The van der Waals surface area contributed by atoms with Gasteiger partial charge in [-0.2, -0.15) is 0 Å². The first-order chi connectivity index (χ1) is 9.97. The molecule has 0 fully saturated rings. The van der Waals surface area contributed by atoms with Crippen molar-refractivity contribution in [2.24, 2.45) is 0 Å². The van der Waals surface area contributed by atoms with Crippen LogP contribution in [0, 0.1) is 19.7 Å². The predicted octanol–water partition coefficient (Wildman–Crippen LogP) is 3.54. The molecule has 0 aromatic heterocycles. The van der Waals surface area contributed by atoms with Crippen LogP contribution in [0.4, 0.5) is 4.39 Å². The number of aliphatic hydroxyl groups is 1. The van der Waals surface area contributed by atoms with Crippen molar-refractivity contribution in [2.45, 2.75) is 20.0 Å². The summed E-state index contributed by atoms with van der Waals surface area (Å²) < 4.78 is 23.7. The van der Waals surface area contributed by atoms with Gasteiger partial charge in [0.2, 0.25) is 0 Å². The molecule has 2 rings (SSSR count). The maximum absolute atomic E-state index is 13.5. The van der Waals surface area contributed by atoms with Gasteiger partial charge < -0.3 is 14.6 Å². The van der Waals surface area contributed by atoms with E-state index in [-0.39, 0.29) is 5.75 Å². The molecule has 0 bridgehead atoms. The molecule has 1 N–H and O–H groups in total. The summed E-state index contributed by atoms with van der Waals surface area (Å²) in [6, 6.07) is 8.13. The quantitative estimate of drug-likeness (QED) is 0.936. The molecule has 4 heteroatoms. The van der Waals surface area contributed by atoms with E-state index in [4.69, 9.17) is 9.47 Å². The van der Waals surface area contributed by atoms with E-state index in [1.54, 1.807) is 13.2 Å². The number of aryl methyl sites for hydroxylation is 2. The minimum atomic E-state index is -0.843. The topological polar surface area (TPSA) is 38.7 Å². The van der Waals surface area contributed by atoms with Crippen LogP contribution in [0.2, 0.25) is 0 Å². The van der Waals surface area contributed by atoms with E-state index in [2.05, 4.69) is 0 Å². The Kier molecular flexibility index (Phi) is 4.48. The lowest BCUT2D eigenvalue weighted by Gasteiger charge is -2.17. The maximum Gasteiger partial charge on any atom is 0.165 e. The zero-order valence-corrected chi connectivity index (χ0v) is 12.6. The Morgan fingerprint density at radius 3 is 2.24 bits per heavy atom. The van der Waals surface area contributed by atoms with Crippen molar-refractivity contribution in [3.05, 3.63) is 58.4 Å².